The van der Waals surface area contributed by atoms with Crippen LogP contribution >= 0.6 is 11.6 Å². The topological polar surface area (TPSA) is 57.8 Å². The molecule has 0 amide bonds. The Kier molecular flexibility index (Phi) is 5.69. The zero-order valence-corrected chi connectivity index (χ0v) is 16.7. The number of aryl methyl sites for hydroxylation is 1. The number of halogens is 1. The molecule has 0 atom stereocenters. The maximum Gasteiger partial charge on any atom is 0.262 e. The van der Waals surface area contributed by atoms with E-state index in [9.17, 15) is 4.79 Å². The summed E-state index contributed by atoms with van der Waals surface area (Å²) in [4.78, 5) is 17.4. The lowest BCUT2D eigenvalue weighted by atomic mass is 10.1. The Morgan fingerprint density at radius 1 is 1.25 bits per heavy atom. The largest absolute Gasteiger partial charge is 0.478 e. The number of fused-ring (bicyclic) bond motifs is 1. The Hall–Kier alpha value is -2.31. The second-order valence-electron chi connectivity index (χ2n) is 7.20. The Morgan fingerprint density at radius 2 is 2.04 bits per heavy atom. The van der Waals surface area contributed by atoms with Gasteiger partial charge < -0.3 is 9.47 Å². The van der Waals surface area contributed by atoms with Gasteiger partial charge in [-0.25, -0.2) is 4.98 Å². The number of hydrogen-bond donors (Lipinski definition) is 0. The van der Waals surface area contributed by atoms with Gasteiger partial charge >= 0.3 is 0 Å². The van der Waals surface area contributed by atoms with Crippen molar-refractivity contribution in [1.82, 2.24) is 14.0 Å². The molecule has 1 aliphatic rings. The number of aromatic nitrogens is 3. The predicted molar refractivity (Wildman–Crippen MR) is 109 cm³/mol. The van der Waals surface area contributed by atoms with Gasteiger partial charge in [-0.2, -0.15) is 0 Å². The average Bonchev–Trinajstić information content (AvgIpc) is 3.09. The molecule has 0 aliphatic carbocycles. The van der Waals surface area contributed by atoms with Crippen molar-refractivity contribution in [3.63, 3.8) is 0 Å². The van der Waals surface area contributed by atoms with E-state index in [0.717, 1.165) is 37.1 Å². The van der Waals surface area contributed by atoms with Crippen LogP contribution < -0.4 is 10.3 Å². The van der Waals surface area contributed by atoms with Crippen molar-refractivity contribution in [2.45, 2.75) is 32.7 Å². The third kappa shape index (κ3) is 3.93. The normalized spacial score (nSPS) is 14.4. The minimum Gasteiger partial charge on any atom is -0.478 e. The first-order chi connectivity index (χ1) is 13.7. The number of nitrogens with zero attached hydrogens (tertiary/aromatic N) is 3. The van der Waals surface area contributed by atoms with E-state index in [0.29, 0.717) is 42.4 Å². The van der Waals surface area contributed by atoms with E-state index >= 15 is 0 Å². The first kappa shape index (κ1) is 19.0. The number of rotatable bonds is 8. The number of imidazole rings is 1. The molecule has 4 rings (SSSR count). The van der Waals surface area contributed by atoms with Gasteiger partial charge in [-0.05, 0) is 18.6 Å². The van der Waals surface area contributed by atoms with Gasteiger partial charge in [0.15, 0.2) is 0 Å². The van der Waals surface area contributed by atoms with Crippen LogP contribution in [-0.2, 0) is 11.3 Å². The van der Waals surface area contributed by atoms with Crippen LogP contribution in [0.5, 0.6) is 5.88 Å². The average molecular weight is 402 g/mol. The molecule has 6 nitrogen and oxygen atoms in total. The summed E-state index contributed by atoms with van der Waals surface area (Å²) in [6, 6.07) is 9.02. The molecule has 3 aromatic rings. The summed E-state index contributed by atoms with van der Waals surface area (Å²) in [5, 5.41) is 0.669. The van der Waals surface area contributed by atoms with Crippen molar-refractivity contribution in [1.29, 1.82) is 0 Å². The van der Waals surface area contributed by atoms with Gasteiger partial charge in [0.1, 0.15) is 0 Å². The molecule has 0 N–H and O–H groups in total. The SMILES string of the molecule is CCCCCn1c(OCC2COC2)cc(=O)n2cc(-c3ccc(Cl)cc3)nc12. The zero-order chi connectivity index (χ0) is 19.5. The lowest BCUT2D eigenvalue weighted by Crippen LogP contribution is -2.33. The van der Waals surface area contributed by atoms with E-state index < -0.39 is 0 Å². The van der Waals surface area contributed by atoms with Gasteiger partial charge in [-0.1, -0.05) is 43.5 Å². The first-order valence-electron chi connectivity index (χ1n) is 9.75. The molecule has 1 aliphatic heterocycles. The van der Waals surface area contributed by atoms with Crippen molar-refractivity contribution in [3.8, 4) is 17.1 Å². The Balaban J connectivity index is 1.73. The Labute approximate surface area is 168 Å². The molecular formula is C21H24ClN3O3. The van der Waals surface area contributed by atoms with E-state index in [1.165, 1.54) is 0 Å². The van der Waals surface area contributed by atoms with Crippen LogP contribution in [0, 0.1) is 5.92 Å². The van der Waals surface area contributed by atoms with Crippen molar-refractivity contribution in [2.24, 2.45) is 5.92 Å². The standard InChI is InChI=1S/C21H24ClN3O3/c1-2-3-4-9-24-20(28-14-15-12-27-13-15)10-19(26)25-11-18(23-21(24)25)16-5-7-17(22)8-6-16/h5-8,10-11,15H,2-4,9,12-14H2,1H3. The van der Waals surface area contributed by atoms with Crippen LogP contribution in [0.15, 0.2) is 41.3 Å². The summed E-state index contributed by atoms with van der Waals surface area (Å²) >= 11 is 5.99. The molecule has 1 saturated heterocycles. The molecule has 0 radical (unpaired) electrons. The summed E-state index contributed by atoms with van der Waals surface area (Å²) in [6.07, 6.45) is 5.01. The van der Waals surface area contributed by atoms with Gasteiger partial charge in [0.2, 0.25) is 11.7 Å². The summed E-state index contributed by atoms with van der Waals surface area (Å²) in [6.45, 7) is 4.90. The second-order valence-corrected chi connectivity index (χ2v) is 7.63. The lowest BCUT2D eigenvalue weighted by Gasteiger charge is -2.26. The van der Waals surface area contributed by atoms with Crippen LogP contribution in [-0.4, -0.2) is 33.8 Å². The minimum atomic E-state index is -0.144. The monoisotopic (exact) mass is 401 g/mol. The van der Waals surface area contributed by atoms with E-state index in [1.807, 2.05) is 28.8 Å². The highest BCUT2D eigenvalue weighted by Crippen LogP contribution is 2.23. The van der Waals surface area contributed by atoms with E-state index in [4.69, 9.17) is 26.1 Å². The van der Waals surface area contributed by atoms with Crippen LogP contribution in [0.4, 0.5) is 0 Å². The van der Waals surface area contributed by atoms with Gasteiger partial charge in [-0.3, -0.25) is 13.8 Å². The molecule has 1 fully saturated rings. The maximum atomic E-state index is 12.7. The maximum absolute atomic E-state index is 12.7. The van der Waals surface area contributed by atoms with Crippen molar-refractivity contribution >= 4 is 17.4 Å². The highest BCUT2D eigenvalue weighted by atomic mass is 35.5. The molecule has 2 aromatic heterocycles. The molecular weight excluding hydrogens is 378 g/mol. The third-order valence-corrected chi connectivity index (χ3v) is 5.23. The lowest BCUT2D eigenvalue weighted by molar-refractivity contribution is -0.0519. The molecule has 7 heteroatoms. The first-order valence-corrected chi connectivity index (χ1v) is 10.1. The van der Waals surface area contributed by atoms with Crippen molar-refractivity contribution < 1.29 is 9.47 Å². The molecule has 1 aromatic carbocycles. The number of benzene rings is 1. The highest BCUT2D eigenvalue weighted by Gasteiger charge is 2.21. The van der Waals surface area contributed by atoms with Crippen molar-refractivity contribution in [2.75, 3.05) is 19.8 Å². The quantitative estimate of drug-likeness (QED) is 0.535. The summed E-state index contributed by atoms with van der Waals surface area (Å²) < 4.78 is 14.8. The fraction of sp³-hybridized carbons (Fsp3) is 0.429. The number of hydrogen-bond acceptors (Lipinski definition) is 4. The molecule has 28 heavy (non-hydrogen) atoms. The fourth-order valence-electron chi connectivity index (χ4n) is 3.27. The highest BCUT2D eigenvalue weighted by molar-refractivity contribution is 6.30. The van der Waals surface area contributed by atoms with Crippen molar-refractivity contribution in [3.05, 3.63) is 51.9 Å². The molecule has 0 unspecified atom stereocenters. The molecule has 0 saturated carbocycles. The number of ether oxygens (including phenoxy) is 2. The fourth-order valence-corrected chi connectivity index (χ4v) is 3.39. The molecule has 3 heterocycles. The third-order valence-electron chi connectivity index (χ3n) is 4.98. The van der Waals surface area contributed by atoms with Gasteiger partial charge in [0.05, 0.1) is 31.6 Å². The predicted octanol–water partition coefficient (Wildman–Crippen LogP) is 4.03. The summed E-state index contributed by atoms with van der Waals surface area (Å²) in [5.74, 6) is 1.57. The minimum absolute atomic E-state index is 0.144. The van der Waals surface area contributed by atoms with E-state index in [1.54, 1.807) is 16.7 Å². The zero-order valence-electron chi connectivity index (χ0n) is 15.9. The van der Waals surface area contributed by atoms with Gasteiger partial charge in [0.25, 0.3) is 5.56 Å². The Morgan fingerprint density at radius 3 is 2.71 bits per heavy atom. The summed E-state index contributed by atoms with van der Waals surface area (Å²) in [7, 11) is 0. The summed E-state index contributed by atoms with van der Waals surface area (Å²) in [5.41, 5.74) is 1.51. The van der Waals surface area contributed by atoms with Crippen LogP contribution in [0.1, 0.15) is 26.2 Å². The number of unbranched alkanes of at least 4 members (excludes halogenated alkanes) is 2. The Bertz CT molecular complexity index is 1010. The van der Waals surface area contributed by atoms with Gasteiger partial charge in [-0.15, -0.1) is 0 Å². The second kappa shape index (κ2) is 8.37. The molecule has 0 spiro atoms. The molecule has 148 valence electrons. The molecule has 0 bridgehead atoms. The van der Waals surface area contributed by atoms with Crippen LogP contribution in [0.25, 0.3) is 17.0 Å². The van der Waals surface area contributed by atoms with Gasteiger partial charge in [0, 0.05) is 29.2 Å². The van der Waals surface area contributed by atoms with Crippen LogP contribution in [0.3, 0.4) is 0 Å². The van der Waals surface area contributed by atoms with E-state index in [-0.39, 0.29) is 5.56 Å². The van der Waals surface area contributed by atoms with Crippen LogP contribution in [0.2, 0.25) is 5.02 Å². The smallest absolute Gasteiger partial charge is 0.262 e. The van der Waals surface area contributed by atoms with E-state index in [2.05, 4.69) is 6.92 Å².